The van der Waals surface area contributed by atoms with Crippen molar-refractivity contribution < 1.29 is 23.5 Å². The third-order valence-corrected chi connectivity index (χ3v) is 6.10. The van der Waals surface area contributed by atoms with E-state index in [9.17, 15) is 19.1 Å². The maximum atomic E-state index is 14.1. The zero-order valence-electron chi connectivity index (χ0n) is 17.7. The Morgan fingerprint density at radius 3 is 2.62 bits per heavy atom. The first-order chi connectivity index (χ1) is 16.5. The predicted octanol–water partition coefficient (Wildman–Crippen LogP) is 5.84. The number of hydrogen-bond acceptors (Lipinski definition) is 4. The van der Waals surface area contributed by atoms with E-state index >= 15 is 0 Å². The van der Waals surface area contributed by atoms with Crippen LogP contribution in [-0.2, 0) is 4.79 Å². The Labute approximate surface area is 192 Å². The fraction of sp³-hybridized carbons (Fsp3) is 0.0370. The number of H-pyrrole nitrogens is 1. The molecule has 0 saturated heterocycles. The minimum absolute atomic E-state index is 0.00137. The lowest BCUT2D eigenvalue weighted by Crippen LogP contribution is -2.31. The van der Waals surface area contributed by atoms with Gasteiger partial charge in [0.1, 0.15) is 11.4 Å². The van der Waals surface area contributed by atoms with Gasteiger partial charge in [-0.25, -0.2) is 4.39 Å². The van der Waals surface area contributed by atoms with Crippen molar-refractivity contribution in [1.29, 1.82) is 0 Å². The van der Waals surface area contributed by atoms with E-state index in [0.717, 1.165) is 16.3 Å². The molecule has 1 amide bonds. The molecule has 5 aromatic rings. The number of halogens is 1. The van der Waals surface area contributed by atoms with Crippen molar-refractivity contribution in [3.63, 3.8) is 0 Å². The molecule has 6 nitrogen and oxygen atoms in total. The number of fused-ring (bicyclic) bond motifs is 2. The molecule has 6 rings (SSSR count). The smallest absolute Gasteiger partial charge is 0.294 e. The van der Waals surface area contributed by atoms with E-state index in [2.05, 4.69) is 4.98 Å². The molecule has 0 aliphatic carbocycles. The summed E-state index contributed by atoms with van der Waals surface area (Å²) in [5, 5.41) is 12.4. The fourth-order valence-corrected chi connectivity index (χ4v) is 4.57. The third-order valence-electron chi connectivity index (χ3n) is 6.10. The summed E-state index contributed by atoms with van der Waals surface area (Å²) >= 11 is 0. The van der Waals surface area contributed by atoms with Crippen molar-refractivity contribution in [3.8, 4) is 0 Å². The van der Waals surface area contributed by atoms with Crippen LogP contribution in [0.4, 0.5) is 10.1 Å². The maximum Gasteiger partial charge on any atom is 0.294 e. The van der Waals surface area contributed by atoms with Gasteiger partial charge in [-0.15, -0.1) is 0 Å². The van der Waals surface area contributed by atoms with Gasteiger partial charge in [0.2, 0.25) is 5.78 Å². The SMILES string of the molecule is O=C(C1=C(O)C(=O)N(c2cccc(F)c2)C1c1c[nH]c2ccccc12)c1cc2ccccc2o1. The van der Waals surface area contributed by atoms with Gasteiger partial charge in [-0.05, 0) is 36.4 Å². The van der Waals surface area contributed by atoms with E-state index in [-0.39, 0.29) is 17.0 Å². The van der Waals surface area contributed by atoms with Crippen LogP contribution in [0.1, 0.15) is 22.2 Å². The fourth-order valence-electron chi connectivity index (χ4n) is 4.57. The average Bonchev–Trinajstić information content (AvgIpc) is 3.53. The number of para-hydroxylation sites is 2. The number of Topliss-reactive ketones (excluding diaryl/α,β-unsaturated/α-hetero) is 1. The van der Waals surface area contributed by atoms with Crippen LogP contribution in [0.2, 0.25) is 0 Å². The van der Waals surface area contributed by atoms with Crippen molar-refractivity contribution >= 4 is 39.2 Å². The Kier molecular flexibility index (Phi) is 4.38. The summed E-state index contributed by atoms with van der Waals surface area (Å²) in [5.74, 6) is -2.64. The van der Waals surface area contributed by atoms with E-state index in [0.29, 0.717) is 11.1 Å². The quantitative estimate of drug-likeness (QED) is 0.336. The number of benzene rings is 3. The number of hydrogen-bond donors (Lipinski definition) is 2. The van der Waals surface area contributed by atoms with Crippen molar-refractivity contribution in [2.24, 2.45) is 0 Å². The summed E-state index contributed by atoms with van der Waals surface area (Å²) in [4.78, 5) is 31.4. The lowest BCUT2D eigenvalue weighted by atomic mass is 9.94. The monoisotopic (exact) mass is 452 g/mol. The average molecular weight is 452 g/mol. The molecule has 166 valence electrons. The molecule has 2 N–H and O–H groups in total. The summed E-state index contributed by atoms with van der Waals surface area (Å²) in [6, 6.07) is 20.7. The zero-order chi connectivity index (χ0) is 23.4. The molecule has 1 aliphatic heterocycles. The lowest BCUT2D eigenvalue weighted by molar-refractivity contribution is -0.117. The van der Waals surface area contributed by atoms with Gasteiger partial charge in [0.25, 0.3) is 5.91 Å². The lowest BCUT2D eigenvalue weighted by Gasteiger charge is -2.26. The summed E-state index contributed by atoms with van der Waals surface area (Å²) in [6.45, 7) is 0. The van der Waals surface area contributed by atoms with Crippen molar-refractivity contribution in [2.45, 2.75) is 6.04 Å². The predicted molar refractivity (Wildman–Crippen MR) is 125 cm³/mol. The summed E-state index contributed by atoms with van der Waals surface area (Å²) in [6.07, 6.45) is 1.69. The van der Waals surface area contributed by atoms with Crippen LogP contribution in [0.25, 0.3) is 21.9 Å². The number of amides is 1. The first-order valence-corrected chi connectivity index (χ1v) is 10.6. The number of aliphatic hydroxyl groups excluding tert-OH is 1. The van der Waals surface area contributed by atoms with Gasteiger partial charge in [-0.1, -0.05) is 42.5 Å². The van der Waals surface area contributed by atoms with Crippen LogP contribution in [-0.4, -0.2) is 21.8 Å². The van der Waals surface area contributed by atoms with Crippen LogP contribution < -0.4 is 4.90 Å². The Morgan fingerprint density at radius 1 is 1.00 bits per heavy atom. The Morgan fingerprint density at radius 2 is 1.79 bits per heavy atom. The largest absolute Gasteiger partial charge is 0.503 e. The molecule has 1 atom stereocenters. The minimum atomic E-state index is -0.994. The standard InChI is InChI=1S/C27H17FN2O4/c28-16-7-5-8-17(13-16)30-24(19-14-29-20-10-3-2-9-18(19)20)23(26(32)27(30)33)25(31)22-12-15-6-1-4-11-21(15)34-22/h1-14,24,29,32H. The van der Waals surface area contributed by atoms with Gasteiger partial charge in [0, 0.05) is 33.7 Å². The molecule has 0 radical (unpaired) electrons. The van der Waals surface area contributed by atoms with E-state index < -0.39 is 29.3 Å². The topological polar surface area (TPSA) is 86.5 Å². The maximum absolute atomic E-state index is 14.1. The van der Waals surface area contributed by atoms with Gasteiger partial charge in [-0.2, -0.15) is 0 Å². The number of nitrogens with zero attached hydrogens (tertiary/aromatic N) is 1. The second-order valence-electron chi connectivity index (χ2n) is 8.09. The van der Waals surface area contributed by atoms with Crippen molar-refractivity contribution in [1.82, 2.24) is 4.98 Å². The van der Waals surface area contributed by atoms with Crippen LogP contribution in [0.5, 0.6) is 0 Å². The molecule has 3 heterocycles. The van der Waals surface area contributed by atoms with E-state index in [4.69, 9.17) is 4.42 Å². The molecule has 3 aromatic carbocycles. The molecule has 2 aromatic heterocycles. The molecule has 0 bridgehead atoms. The van der Waals surface area contributed by atoms with Crippen LogP contribution in [0, 0.1) is 5.82 Å². The number of rotatable bonds is 4. The van der Waals surface area contributed by atoms with Crippen LogP contribution in [0.3, 0.4) is 0 Å². The zero-order valence-corrected chi connectivity index (χ0v) is 17.7. The number of furan rings is 1. The number of carbonyl (C=O) groups is 2. The van der Waals surface area contributed by atoms with E-state index in [1.807, 2.05) is 30.3 Å². The molecule has 34 heavy (non-hydrogen) atoms. The highest BCUT2D eigenvalue weighted by atomic mass is 19.1. The van der Waals surface area contributed by atoms with Gasteiger partial charge < -0.3 is 14.5 Å². The van der Waals surface area contributed by atoms with E-state index in [1.54, 1.807) is 36.5 Å². The highest BCUT2D eigenvalue weighted by Gasteiger charge is 2.46. The second kappa shape index (κ2) is 7.45. The second-order valence-corrected chi connectivity index (χ2v) is 8.09. The van der Waals surface area contributed by atoms with Gasteiger partial charge in [0.05, 0.1) is 11.6 Å². The number of anilines is 1. The van der Waals surface area contributed by atoms with E-state index in [1.165, 1.54) is 23.1 Å². The number of carbonyl (C=O) groups excluding carboxylic acids is 2. The summed E-state index contributed by atoms with van der Waals surface area (Å²) in [5.41, 5.74) is 2.00. The third kappa shape index (κ3) is 2.94. The molecular formula is C27H17FN2O4. The first-order valence-electron chi connectivity index (χ1n) is 10.6. The first kappa shape index (κ1) is 20.0. The molecule has 1 unspecified atom stereocenters. The molecule has 0 spiro atoms. The summed E-state index contributed by atoms with van der Waals surface area (Å²) in [7, 11) is 0. The number of aliphatic hydroxyl groups is 1. The number of aromatic nitrogens is 1. The molecule has 7 heteroatoms. The number of ketones is 1. The number of nitrogens with one attached hydrogen (secondary N) is 1. The van der Waals surface area contributed by atoms with Crippen molar-refractivity contribution in [3.05, 3.63) is 114 Å². The molecular weight excluding hydrogens is 435 g/mol. The van der Waals surface area contributed by atoms with Crippen molar-refractivity contribution in [2.75, 3.05) is 4.90 Å². The Bertz CT molecular complexity index is 1610. The molecule has 1 aliphatic rings. The number of aromatic amines is 1. The Balaban J connectivity index is 1.56. The van der Waals surface area contributed by atoms with Gasteiger partial charge >= 0.3 is 0 Å². The highest BCUT2D eigenvalue weighted by molar-refractivity contribution is 6.21. The van der Waals surface area contributed by atoms with Gasteiger partial charge in [0.15, 0.2) is 11.5 Å². The van der Waals surface area contributed by atoms with Crippen LogP contribution in [0.15, 0.2) is 101 Å². The highest BCUT2D eigenvalue weighted by Crippen LogP contribution is 2.44. The van der Waals surface area contributed by atoms with Gasteiger partial charge in [-0.3, -0.25) is 14.5 Å². The normalized spacial score (nSPS) is 16.2. The molecule has 0 saturated carbocycles. The molecule has 0 fully saturated rings. The Hall–Kier alpha value is -4.65. The van der Waals surface area contributed by atoms with Crippen LogP contribution >= 0.6 is 0 Å². The summed E-state index contributed by atoms with van der Waals surface area (Å²) < 4.78 is 19.9. The minimum Gasteiger partial charge on any atom is -0.503 e.